The molecule has 0 aliphatic carbocycles. The van der Waals surface area contributed by atoms with Gasteiger partial charge in [0.05, 0.1) is 15.2 Å². The molecule has 1 heterocycles. The zero-order chi connectivity index (χ0) is 13.7. The van der Waals surface area contributed by atoms with E-state index in [2.05, 4.69) is 50.4 Å². The number of rotatable bonds is 7. The molecule has 2 aromatic rings. The van der Waals surface area contributed by atoms with Crippen molar-refractivity contribution in [1.29, 1.82) is 0 Å². The number of aromatic nitrogens is 1. The van der Waals surface area contributed by atoms with Crippen LogP contribution in [0.5, 0.6) is 0 Å². The van der Waals surface area contributed by atoms with E-state index in [9.17, 15) is 0 Å². The van der Waals surface area contributed by atoms with Gasteiger partial charge in [0.25, 0.3) is 0 Å². The number of hydrogen-bond acceptors (Lipinski definition) is 3. The molecule has 0 amide bonds. The molecule has 0 aliphatic heterocycles. The van der Waals surface area contributed by atoms with E-state index < -0.39 is 0 Å². The minimum Gasteiger partial charge on any atom is -0.314 e. The van der Waals surface area contributed by atoms with Gasteiger partial charge in [-0.25, -0.2) is 4.98 Å². The van der Waals surface area contributed by atoms with Crippen molar-refractivity contribution in [3.8, 4) is 0 Å². The fourth-order valence-electron chi connectivity index (χ4n) is 2.43. The van der Waals surface area contributed by atoms with E-state index in [1.165, 1.54) is 22.5 Å². The first-order chi connectivity index (χ1) is 9.20. The largest absolute Gasteiger partial charge is 0.314 e. The summed E-state index contributed by atoms with van der Waals surface area (Å²) >= 11 is 1.84. The quantitative estimate of drug-likeness (QED) is 0.817. The fraction of sp³-hybridized carbons (Fsp3) is 0.562. The molecule has 2 rings (SSSR count). The van der Waals surface area contributed by atoms with E-state index >= 15 is 0 Å². The van der Waals surface area contributed by atoms with Crippen molar-refractivity contribution in [1.82, 2.24) is 10.3 Å². The molecule has 104 valence electrons. The van der Waals surface area contributed by atoms with Crippen LogP contribution in [0, 0.1) is 5.92 Å². The Morgan fingerprint density at radius 1 is 1.26 bits per heavy atom. The fourth-order valence-corrected chi connectivity index (χ4v) is 3.44. The van der Waals surface area contributed by atoms with Crippen molar-refractivity contribution >= 4 is 21.6 Å². The molecule has 1 unspecified atom stereocenters. The Morgan fingerprint density at radius 2 is 2.05 bits per heavy atom. The van der Waals surface area contributed by atoms with Gasteiger partial charge in [0.1, 0.15) is 0 Å². The molecule has 0 spiro atoms. The molecule has 19 heavy (non-hydrogen) atoms. The normalized spacial score (nSPS) is 13.3. The number of thiazole rings is 1. The Kier molecular flexibility index (Phi) is 5.34. The van der Waals surface area contributed by atoms with E-state index in [1.807, 2.05) is 11.3 Å². The van der Waals surface area contributed by atoms with Crippen molar-refractivity contribution in [2.24, 2.45) is 5.92 Å². The first-order valence-electron chi connectivity index (χ1n) is 7.28. The molecule has 0 radical (unpaired) electrons. The summed E-state index contributed by atoms with van der Waals surface area (Å²) in [5, 5.41) is 4.86. The lowest BCUT2D eigenvalue weighted by atomic mass is 9.98. The van der Waals surface area contributed by atoms with Crippen LogP contribution in [0.15, 0.2) is 24.3 Å². The lowest BCUT2D eigenvalue weighted by molar-refractivity contribution is 0.377. The van der Waals surface area contributed by atoms with Crippen LogP contribution < -0.4 is 5.32 Å². The van der Waals surface area contributed by atoms with Gasteiger partial charge >= 0.3 is 0 Å². The third-order valence-corrected chi connectivity index (χ3v) is 4.61. The molecule has 1 aromatic carbocycles. The summed E-state index contributed by atoms with van der Waals surface area (Å²) in [6.07, 6.45) is 3.56. The van der Waals surface area contributed by atoms with Gasteiger partial charge in [-0.2, -0.15) is 0 Å². The maximum atomic E-state index is 4.70. The predicted molar refractivity (Wildman–Crippen MR) is 84.9 cm³/mol. The Hall–Kier alpha value is -0.930. The maximum absolute atomic E-state index is 4.70. The van der Waals surface area contributed by atoms with Crippen molar-refractivity contribution < 1.29 is 0 Å². The smallest absolute Gasteiger partial charge is 0.0938 e. The highest BCUT2D eigenvalue weighted by molar-refractivity contribution is 7.18. The maximum Gasteiger partial charge on any atom is 0.0938 e. The Morgan fingerprint density at radius 3 is 2.74 bits per heavy atom. The van der Waals surface area contributed by atoms with E-state index in [1.54, 1.807) is 0 Å². The number of benzene rings is 1. The van der Waals surface area contributed by atoms with Crippen LogP contribution >= 0.6 is 11.3 Å². The van der Waals surface area contributed by atoms with Crippen LogP contribution in [0.1, 0.15) is 38.6 Å². The van der Waals surface area contributed by atoms with Crippen LogP contribution in [-0.2, 0) is 6.42 Å². The van der Waals surface area contributed by atoms with Gasteiger partial charge in [0.2, 0.25) is 0 Å². The first kappa shape index (κ1) is 14.5. The molecular weight excluding hydrogens is 252 g/mol. The topological polar surface area (TPSA) is 24.9 Å². The number of hydrogen-bond donors (Lipinski definition) is 1. The molecule has 0 fully saturated rings. The van der Waals surface area contributed by atoms with Gasteiger partial charge in [-0.1, -0.05) is 32.9 Å². The summed E-state index contributed by atoms with van der Waals surface area (Å²) in [6.45, 7) is 7.84. The van der Waals surface area contributed by atoms with Crippen LogP contribution in [0.25, 0.3) is 10.2 Å². The summed E-state index contributed by atoms with van der Waals surface area (Å²) in [5.41, 5.74) is 1.15. The lowest BCUT2D eigenvalue weighted by Gasteiger charge is -2.21. The van der Waals surface area contributed by atoms with Crippen molar-refractivity contribution in [3.63, 3.8) is 0 Å². The second kappa shape index (κ2) is 7.01. The monoisotopic (exact) mass is 276 g/mol. The standard InChI is InChI=1S/C16H24N2S/c1-4-17-13(12(2)3)9-7-11-16-18-14-8-5-6-10-15(14)19-16/h5-6,8,10,12-13,17H,4,7,9,11H2,1-3H3. The van der Waals surface area contributed by atoms with Gasteiger partial charge < -0.3 is 5.32 Å². The van der Waals surface area contributed by atoms with Crippen LogP contribution in [0.2, 0.25) is 0 Å². The Balaban J connectivity index is 1.87. The first-order valence-corrected chi connectivity index (χ1v) is 8.10. The number of nitrogens with one attached hydrogen (secondary N) is 1. The zero-order valence-electron chi connectivity index (χ0n) is 12.1. The number of para-hydroxylation sites is 1. The SMILES string of the molecule is CCNC(CCCc1nc2ccccc2s1)C(C)C. The van der Waals surface area contributed by atoms with Gasteiger partial charge in [-0.3, -0.25) is 0 Å². The third kappa shape index (κ3) is 4.02. The second-order valence-electron chi connectivity index (χ2n) is 5.38. The zero-order valence-corrected chi connectivity index (χ0v) is 13.0. The van der Waals surface area contributed by atoms with E-state index in [0.717, 1.165) is 18.5 Å². The molecule has 3 heteroatoms. The van der Waals surface area contributed by atoms with Crippen molar-refractivity contribution in [2.45, 2.75) is 46.1 Å². The molecule has 0 saturated heterocycles. The third-order valence-electron chi connectivity index (χ3n) is 3.51. The Labute approximate surface area is 120 Å². The predicted octanol–water partition coefficient (Wildman–Crippen LogP) is 4.25. The van der Waals surface area contributed by atoms with E-state index in [0.29, 0.717) is 12.0 Å². The summed E-state index contributed by atoms with van der Waals surface area (Å²) in [4.78, 5) is 4.70. The van der Waals surface area contributed by atoms with Crippen molar-refractivity contribution in [3.05, 3.63) is 29.3 Å². The van der Waals surface area contributed by atoms with E-state index in [-0.39, 0.29) is 0 Å². The average Bonchev–Trinajstić information content (AvgIpc) is 2.80. The molecular formula is C16H24N2S. The second-order valence-corrected chi connectivity index (χ2v) is 6.49. The van der Waals surface area contributed by atoms with Gasteiger partial charge in [0.15, 0.2) is 0 Å². The lowest BCUT2D eigenvalue weighted by Crippen LogP contribution is -2.33. The van der Waals surface area contributed by atoms with Crippen LogP contribution in [0.4, 0.5) is 0 Å². The summed E-state index contributed by atoms with van der Waals surface area (Å²) in [5.74, 6) is 0.704. The Bertz CT molecular complexity index is 471. The molecule has 1 N–H and O–H groups in total. The molecule has 1 aromatic heterocycles. The van der Waals surface area contributed by atoms with Crippen LogP contribution in [-0.4, -0.2) is 17.6 Å². The number of nitrogens with zero attached hydrogens (tertiary/aromatic N) is 1. The molecule has 0 saturated carbocycles. The number of fused-ring (bicyclic) bond motifs is 1. The highest BCUT2D eigenvalue weighted by Gasteiger charge is 2.12. The van der Waals surface area contributed by atoms with Gasteiger partial charge in [0, 0.05) is 6.04 Å². The average molecular weight is 276 g/mol. The summed E-state index contributed by atoms with van der Waals surface area (Å²) < 4.78 is 1.31. The summed E-state index contributed by atoms with van der Waals surface area (Å²) in [6, 6.07) is 9.05. The highest BCUT2D eigenvalue weighted by Crippen LogP contribution is 2.23. The highest BCUT2D eigenvalue weighted by atomic mass is 32.1. The molecule has 0 aliphatic rings. The number of aryl methyl sites for hydroxylation is 1. The minimum absolute atomic E-state index is 0.638. The van der Waals surface area contributed by atoms with Gasteiger partial charge in [-0.05, 0) is 43.9 Å². The minimum atomic E-state index is 0.638. The van der Waals surface area contributed by atoms with Gasteiger partial charge in [-0.15, -0.1) is 11.3 Å². The van der Waals surface area contributed by atoms with E-state index in [4.69, 9.17) is 4.98 Å². The summed E-state index contributed by atoms with van der Waals surface area (Å²) in [7, 11) is 0. The van der Waals surface area contributed by atoms with Crippen LogP contribution in [0.3, 0.4) is 0 Å². The molecule has 1 atom stereocenters. The molecule has 0 bridgehead atoms. The van der Waals surface area contributed by atoms with Crippen molar-refractivity contribution in [2.75, 3.05) is 6.54 Å². The molecule has 2 nitrogen and oxygen atoms in total.